The number of thiazole rings is 1. The summed E-state index contributed by atoms with van der Waals surface area (Å²) in [5, 5.41) is 3.84. The number of furan rings is 1. The number of nitrogens with one attached hydrogen (secondary N) is 2. The highest BCUT2D eigenvalue weighted by Gasteiger charge is 2.28. The highest BCUT2D eigenvalue weighted by atomic mass is 32.1. The summed E-state index contributed by atoms with van der Waals surface area (Å²) in [5.74, 6) is 0.877. The number of aryl methyl sites for hydroxylation is 1. The van der Waals surface area contributed by atoms with Crippen molar-refractivity contribution in [2.24, 2.45) is 0 Å². The summed E-state index contributed by atoms with van der Waals surface area (Å²) in [5.41, 5.74) is 3.50. The molecule has 0 radical (unpaired) electrons. The van der Waals surface area contributed by atoms with Gasteiger partial charge in [-0.25, -0.2) is 14.8 Å². The Morgan fingerprint density at radius 1 is 1.10 bits per heavy atom. The quantitative estimate of drug-likeness (QED) is 0.396. The number of esters is 1. The highest BCUT2D eigenvalue weighted by molar-refractivity contribution is 7.21. The molecule has 0 fully saturated rings. The Morgan fingerprint density at radius 3 is 2.62 bits per heavy atom. The van der Waals surface area contributed by atoms with Gasteiger partial charge in [0.1, 0.15) is 16.3 Å². The molecule has 2 N–H and O–H groups in total. The van der Waals surface area contributed by atoms with Gasteiger partial charge >= 0.3 is 5.97 Å². The van der Waals surface area contributed by atoms with Gasteiger partial charge < -0.3 is 14.1 Å². The van der Waals surface area contributed by atoms with Crippen LogP contribution in [0.3, 0.4) is 0 Å². The van der Waals surface area contributed by atoms with Gasteiger partial charge in [-0.2, -0.15) is 0 Å². The molecular formula is C21H16N4O3S. The van der Waals surface area contributed by atoms with Crippen molar-refractivity contribution in [1.29, 1.82) is 0 Å². The molecule has 0 aliphatic rings. The fourth-order valence-corrected chi connectivity index (χ4v) is 4.30. The molecule has 0 amide bonds. The number of methoxy groups -OCH3 is 1. The first-order chi connectivity index (χ1) is 14.1. The predicted octanol–water partition coefficient (Wildman–Crippen LogP) is 5.27. The third-order valence-corrected chi connectivity index (χ3v) is 5.66. The second-order valence-corrected chi connectivity index (χ2v) is 7.47. The maximum absolute atomic E-state index is 12.5. The first kappa shape index (κ1) is 17.4. The van der Waals surface area contributed by atoms with Gasteiger partial charge in [-0.05, 0) is 31.2 Å². The van der Waals surface area contributed by atoms with Crippen LogP contribution in [0.1, 0.15) is 16.1 Å². The highest BCUT2D eigenvalue weighted by Crippen LogP contribution is 2.41. The number of imidazole rings is 1. The molecule has 5 rings (SSSR count). The number of aromatic amines is 1. The van der Waals surface area contributed by atoms with Crippen molar-refractivity contribution in [3.05, 3.63) is 59.9 Å². The zero-order valence-corrected chi connectivity index (χ0v) is 16.5. The molecule has 5 aromatic rings. The molecule has 0 spiro atoms. The molecular weight excluding hydrogens is 388 g/mol. The number of benzene rings is 2. The summed E-state index contributed by atoms with van der Waals surface area (Å²) in [6.45, 7) is 1.73. The van der Waals surface area contributed by atoms with E-state index in [2.05, 4.69) is 15.3 Å². The monoisotopic (exact) mass is 404 g/mol. The molecule has 0 saturated heterocycles. The number of aromatic nitrogens is 3. The molecule has 8 heteroatoms. The van der Waals surface area contributed by atoms with Gasteiger partial charge in [-0.1, -0.05) is 24.3 Å². The van der Waals surface area contributed by atoms with E-state index in [-0.39, 0.29) is 0 Å². The first-order valence-corrected chi connectivity index (χ1v) is 9.75. The zero-order chi connectivity index (χ0) is 20.0. The number of fused-ring (bicyclic) bond motifs is 2. The number of carbonyl (C=O) groups is 1. The van der Waals surface area contributed by atoms with Gasteiger partial charge in [0.15, 0.2) is 0 Å². The third kappa shape index (κ3) is 2.94. The Bertz CT molecular complexity index is 1300. The van der Waals surface area contributed by atoms with Crippen LogP contribution >= 0.6 is 11.3 Å². The number of ether oxygens (including phenoxy) is 1. The van der Waals surface area contributed by atoms with Crippen molar-refractivity contribution < 1.29 is 13.9 Å². The predicted molar refractivity (Wildman–Crippen MR) is 113 cm³/mol. The average molecular weight is 404 g/mol. The lowest BCUT2D eigenvalue weighted by Crippen LogP contribution is -2.04. The number of nitrogens with zero attached hydrogens (tertiary/aromatic N) is 2. The Kier molecular flexibility index (Phi) is 4.06. The van der Waals surface area contributed by atoms with Crippen LogP contribution in [0.5, 0.6) is 0 Å². The van der Waals surface area contributed by atoms with E-state index < -0.39 is 5.97 Å². The van der Waals surface area contributed by atoms with Crippen molar-refractivity contribution >= 4 is 50.4 Å². The van der Waals surface area contributed by atoms with Crippen LogP contribution in [-0.2, 0) is 4.74 Å². The van der Waals surface area contributed by atoms with E-state index >= 15 is 0 Å². The topological polar surface area (TPSA) is 93.0 Å². The molecule has 0 saturated carbocycles. The molecule has 3 aromatic heterocycles. The number of H-pyrrole nitrogens is 1. The van der Waals surface area contributed by atoms with E-state index in [1.54, 1.807) is 6.92 Å². The fourth-order valence-electron chi connectivity index (χ4n) is 3.28. The number of hydrogen-bond acceptors (Lipinski definition) is 7. The second-order valence-electron chi connectivity index (χ2n) is 6.44. The van der Waals surface area contributed by atoms with Gasteiger partial charge in [0.25, 0.3) is 0 Å². The van der Waals surface area contributed by atoms with E-state index in [0.717, 1.165) is 21.3 Å². The molecule has 0 unspecified atom stereocenters. The lowest BCUT2D eigenvalue weighted by molar-refractivity contribution is 0.0599. The summed E-state index contributed by atoms with van der Waals surface area (Å²) in [6, 6.07) is 15.5. The number of anilines is 2. The van der Waals surface area contributed by atoms with Gasteiger partial charge in [0, 0.05) is 0 Å². The molecule has 3 heterocycles. The smallest absolute Gasteiger partial charge is 0.342 e. The molecule has 0 aliphatic carbocycles. The van der Waals surface area contributed by atoms with E-state index in [1.165, 1.54) is 18.4 Å². The Hall–Kier alpha value is -3.65. The van der Waals surface area contributed by atoms with Crippen LogP contribution in [0.2, 0.25) is 0 Å². The van der Waals surface area contributed by atoms with Gasteiger partial charge in [-0.3, -0.25) is 5.32 Å². The fraction of sp³-hybridized carbons (Fsp3) is 0.0952. The third-order valence-electron chi connectivity index (χ3n) is 4.60. The minimum absolute atomic E-state index is 0.352. The van der Waals surface area contributed by atoms with Crippen LogP contribution in [0.4, 0.5) is 11.8 Å². The Morgan fingerprint density at radius 2 is 1.86 bits per heavy atom. The minimum Gasteiger partial charge on any atom is -0.465 e. The Balaban J connectivity index is 1.67. The number of hydrogen-bond donors (Lipinski definition) is 2. The van der Waals surface area contributed by atoms with Crippen molar-refractivity contribution in [3.8, 4) is 10.6 Å². The van der Waals surface area contributed by atoms with Crippen LogP contribution in [0.25, 0.3) is 31.8 Å². The van der Waals surface area contributed by atoms with Crippen molar-refractivity contribution in [2.45, 2.75) is 6.92 Å². The molecule has 0 aliphatic heterocycles. The molecule has 7 nitrogen and oxygen atoms in total. The van der Waals surface area contributed by atoms with Crippen molar-refractivity contribution in [3.63, 3.8) is 0 Å². The standard InChI is InChI=1S/C21H16N4O3S/c1-11-16(20(26)27-2)17(19-22-14-9-5-6-10-15(14)29-19)18(28-11)25-21-23-12-7-3-4-8-13(12)24-21/h3-10H,1-2H3,(H2,23,24,25). The zero-order valence-electron chi connectivity index (χ0n) is 15.6. The number of carbonyl (C=O) groups excluding carboxylic acids is 1. The second kappa shape index (κ2) is 6.75. The summed E-state index contributed by atoms with van der Waals surface area (Å²) in [7, 11) is 1.35. The summed E-state index contributed by atoms with van der Waals surface area (Å²) < 4.78 is 11.9. The van der Waals surface area contributed by atoms with E-state index in [1.807, 2.05) is 48.5 Å². The number of para-hydroxylation sites is 3. The first-order valence-electron chi connectivity index (χ1n) is 8.93. The molecule has 0 atom stereocenters. The Labute approximate surface area is 169 Å². The summed E-state index contributed by atoms with van der Waals surface area (Å²) in [6.07, 6.45) is 0. The SMILES string of the molecule is COC(=O)c1c(C)oc(Nc2nc3ccccc3[nH]2)c1-c1nc2ccccc2s1. The maximum Gasteiger partial charge on any atom is 0.342 e. The lowest BCUT2D eigenvalue weighted by atomic mass is 10.1. The number of rotatable bonds is 4. The van der Waals surface area contributed by atoms with Gasteiger partial charge in [-0.15, -0.1) is 11.3 Å². The van der Waals surface area contributed by atoms with Crippen LogP contribution in [0, 0.1) is 6.92 Å². The van der Waals surface area contributed by atoms with E-state index in [0.29, 0.717) is 33.7 Å². The van der Waals surface area contributed by atoms with Crippen LogP contribution in [-0.4, -0.2) is 28.0 Å². The van der Waals surface area contributed by atoms with Crippen molar-refractivity contribution in [1.82, 2.24) is 15.0 Å². The average Bonchev–Trinajstić information content (AvgIpc) is 3.41. The van der Waals surface area contributed by atoms with Gasteiger partial charge in [0.2, 0.25) is 11.8 Å². The normalized spacial score (nSPS) is 11.2. The van der Waals surface area contributed by atoms with Crippen LogP contribution < -0.4 is 5.32 Å². The van der Waals surface area contributed by atoms with E-state index in [9.17, 15) is 4.79 Å². The van der Waals surface area contributed by atoms with Gasteiger partial charge in [0.05, 0.1) is 33.9 Å². The maximum atomic E-state index is 12.5. The molecule has 0 bridgehead atoms. The molecule has 29 heavy (non-hydrogen) atoms. The molecule has 2 aromatic carbocycles. The summed E-state index contributed by atoms with van der Waals surface area (Å²) in [4.78, 5) is 24.9. The minimum atomic E-state index is -0.474. The van der Waals surface area contributed by atoms with E-state index in [4.69, 9.17) is 14.1 Å². The van der Waals surface area contributed by atoms with Crippen molar-refractivity contribution in [2.75, 3.05) is 12.4 Å². The van der Waals surface area contributed by atoms with Crippen LogP contribution in [0.15, 0.2) is 52.9 Å². The largest absolute Gasteiger partial charge is 0.465 e. The molecule has 144 valence electrons. The summed E-state index contributed by atoms with van der Waals surface area (Å²) >= 11 is 1.49. The lowest BCUT2D eigenvalue weighted by Gasteiger charge is -2.03.